The number of halogens is 2. The van der Waals surface area contributed by atoms with E-state index >= 15 is 0 Å². The highest BCUT2D eigenvalue weighted by molar-refractivity contribution is 7.92. The summed E-state index contributed by atoms with van der Waals surface area (Å²) in [6, 6.07) is 8.14. The standard InChI is InChI=1S/C19H22F2N2O6S3/c1-19(10-13-30(24,25)14-19)23(32(28,29)18-8-4-16(21)5-9-18)12-11-22-31(26,27)17-6-2-15(20)3-7-17/h2-9,22H,10-14H2,1H3/t19-/m0/s1. The van der Waals surface area contributed by atoms with Crippen molar-refractivity contribution >= 4 is 29.9 Å². The molecule has 13 heteroatoms. The summed E-state index contributed by atoms with van der Waals surface area (Å²) < 4.78 is 105. The summed E-state index contributed by atoms with van der Waals surface area (Å²) in [7, 11) is -11.8. The summed E-state index contributed by atoms with van der Waals surface area (Å²) in [5.41, 5.74) is -1.31. The predicted molar refractivity (Wildman–Crippen MR) is 114 cm³/mol. The lowest BCUT2D eigenvalue weighted by Gasteiger charge is -2.36. The average molecular weight is 509 g/mol. The second-order valence-electron chi connectivity index (χ2n) is 7.72. The van der Waals surface area contributed by atoms with E-state index in [1.165, 1.54) is 6.92 Å². The number of nitrogens with one attached hydrogen (secondary N) is 1. The molecule has 1 heterocycles. The summed E-state index contributed by atoms with van der Waals surface area (Å²) in [5, 5.41) is 0. The van der Waals surface area contributed by atoms with Crippen LogP contribution in [0.3, 0.4) is 0 Å². The quantitative estimate of drug-likeness (QED) is 0.578. The Kier molecular flexibility index (Phi) is 6.78. The van der Waals surface area contributed by atoms with Gasteiger partial charge in [0.25, 0.3) is 0 Å². The summed E-state index contributed by atoms with van der Waals surface area (Å²) in [5.74, 6) is -1.89. The van der Waals surface area contributed by atoms with Crippen LogP contribution in [0.5, 0.6) is 0 Å². The Morgan fingerprint density at radius 2 is 1.44 bits per heavy atom. The van der Waals surface area contributed by atoms with E-state index in [0.717, 1.165) is 52.8 Å². The molecule has 1 aliphatic rings. The molecule has 1 aliphatic heterocycles. The van der Waals surface area contributed by atoms with Gasteiger partial charge in [0, 0.05) is 18.6 Å². The molecular formula is C19H22F2N2O6S3. The van der Waals surface area contributed by atoms with Crippen LogP contribution in [-0.4, -0.2) is 59.7 Å². The summed E-state index contributed by atoms with van der Waals surface area (Å²) in [6.45, 7) is 0.745. The van der Waals surface area contributed by atoms with Gasteiger partial charge in [-0.25, -0.2) is 38.8 Å². The molecule has 1 saturated heterocycles. The Balaban J connectivity index is 1.88. The zero-order valence-electron chi connectivity index (χ0n) is 17.0. The molecule has 1 atom stereocenters. The van der Waals surface area contributed by atoms with E-state index in [4.69, 9.17) is 0 Å². The van der Waals surface area contributed by atoms with E-state index in [2.05, 4.69) is 4.72 Å². The first kappa shape index (κ1) is 24.7. The van der Waals surface area contributed by atoms with Crippen LogP contribution < -0.4 is 4.72 Å². The number of sulfone groups is 1. The Hall–Kier alpha value is -1.93. The minimum absolute atomic E-state index is 0.0282. The first-order valence-corrected chi connectivity index (χ1v) is 14.2. The fourth-order valence-electron chi connectivity index (χ4n) is 3.58. The number of nitrogens with zero attached hydrogens (tertiary/aromatic N) is 1. The second-order valence-corrected chi connectivity index (χ2v) is 13.5. The first-order valence-electron chi connectivity index (χ1n) is 9.49. The maximum Gasteiger partial charge on any atom is 0.243 e. The van der Waals surface area contributed by atoms with Crippen LogP contribution in [0.15, 0.2) is 58.3 Å². The van der Waals surface area contributed by atoms with Crippen molar-refractivity contribution in [3.8, 4) is 0 Å². The highest BCUT2D eigenvalue weighted by atomic mass is 32.2. The molecule has 0 aliphatic carbocycles. The van der Waals surface area contributed by atoms with Crippen molar-refractivity contribution < 1.29 is 34.0 Å². The van der Waals surface area contributed by atoms with Crippen molar-refractivity contribution in [2.24, 2.45) is 0 Å². The molecule has 1 N–H and O–H groups in total. The SMILES string of the molecule is C[C@]1(N(CCNS(=O)(=O)c2ccc(F)cc2)S(=O)(=O)c2ccc(F)cc2)CCS(=O)(=O)C1. The fourth-order valence-corrected chi connectivity index (χ4v) is 8.63. The normalized spacial score (nSPS) is 21.1. The van der Waals surface area contributed by atoms with Crippen molar-refractivity contribution in [1.29, 1.82) is 0 Å². The first-order chi connectivity index (χ1) is 14.8. The van der Waals surface area contributed by atoms with Crippen LogP contribution >= 0.6 is 0 Å². The molecular weight excluding hydrogens is 486 g/mol. The maximum absolute atomic E-state index is 13.3. The zero-order valence-corrected chi connectivity index (χ0v) is 19.5. The van der Waals surface area contributed by atoms with Crippen molar-refractivity contribution in [3.05, 3.63) is 60.2 Å². The largest absolute Gasteiger partial charge is 0.243 e. The maximum atomic E-state index is 13.3. The Morgan fingerprint density at radius 3 is 1.91 bits per heavy atom. The van der Waals surface area contributed by atoms with Crippen LogP contribution in [0.1, 0.15) is 13.3 Å². The van der Waals surface area contributed by atoms with Gasteiger partial charge in [0.2, 0.25) is 20.0 Å². The summed E-state index contributed by atoms with van der Waals surface area (Å²) >= 11 is 0. The zero-order chi connectivity index (χ0) is 23.8. The van der Waals surface area contributed by atoms with Gasteiger partial charge >= 0.3 is 0 Å². The van der Waals surface area contributed by atoms with Crippen molar-refractivity contribution in [2.45, 2.75) is 28.7 Å². The number of hydrogen-bond acceptors (Lipinski definition) is 6. The van der Waals surface area contributed by atoms with E-state index in [0.29, 0.717) is 0 Å². The third-order valence-electron chi connectivity index (χ3n) is 5.22. The molecule has 3 rings (SSSR count). The van der Waals surface area contributed by atoms with Crippen LogP contribution in [0.4, 0.5) is 8.78 Å². The van der Waals surface area contributed by atoms with Gasteiger partial charge in [-0.15, -0.1) is 0 Å². The molecule has 0 amide bonds. The number of hydrogen-bond donors (Lipinski definition) is 1. The smallest absolute Gasteiger partial charge is 0.229 e. The topological polar surface area (TPSA) is 118 Å². The molecule has 2 aromatic carbocycles. The highest BCUT2D eigenvalue weighted by Gasteiger charge is 2.47. The molecule has 1 fully saturated rings. The third-order valence-corrected chi connectivity index (χ3v) is 10.7. The van der Waals surface area contributed by atoms with Gasteiger partial charge in [-0.2, -0.15) is 4.31 Å². The lowest BCUT2D eigenvalue weighted by Crippen LogP contribution is -2.53. The highest BCUT2D eigenvalue weighted by Crippen LogP contribution is 2.34. The summed E-state index contributed by atoms with van der Waals surface area (Å²) in [4.78, 5) is -0.452. The Morgan fingerprint density at radius 1 is 0.938 bits per heavy atom. The molecule has 0 aromatic heterocycles. The molecule has 32 heavy (non-hydrogen) atoms. The third kappa shape index (κ3) is 5.34. The van der Waals surface area contributed by atoms with Crippen molar-refractivity contribution in [1.82, 2.24) is 9.03 Å². The van der Waals surface area contributed by atoms with Gasteiger partial charge in [0.15, 0.2) is 9.84 Å². The number of benzene rings is 2. The molecule has 0 radical (unpaired) electrons. The van der Waals surface area contributed by atoms with E-state index in [-0.39, 0.29) is 35.1 Å². The molecule has 2 aromatic rings. The fraction of sp³-hybridized carbons (Fsp3) is 0.368. The van der Waals surface area contributed by atoms with E-state index < -0.39 is 52.8 Å². The number of sulfonamides is 2. The van der Waals surface area contributed by atoms with Gasteiger partial charge in [0.05, 0.1) is 21.3 Å². The second kappa shape index (κ2) is 8.78. The van der Waals surface area contributed by atoms with Gasteiger partial charge in [-0.1, -0.05) is 0 Å². The van der Waals surface area contributed by atoms with Gasteiger partial charge in [-0.3, -0.25) is 0 Å². The van der Waals surface area contributed by atoms with E-state index in [1.54, 1.807) is 0 Å². The van der Waals surface area contributed by atoms with Crippen molar-refractivity contribution in [2.75, 3.05) is 24.6 Å². The van der Waals surface area contributed by atoms with E-state index in [9.17, 15) is 34.0 Å². The molecule has 8 nitrogen and oxygen atoms in total. The number of rotatable bonds is 8. The molecule has 0 spiro atoms. The van der Waals surface area contributed by atoms with Crippen LogP contribution in [0.2, 0.25) is 0 Å². The van der Waals surface area contributed by atoms with Gasteiger partial charge in [-0.05, 0) is 61.9 Å². The lowest BCUT2D eigenvalue weighted by atomic mass is 10.0. The summed E-state index contributed by atoms with van der Waals surface area (Å²) in [6.07, 6.45) is 0.0282. The molecule has 176 valence electrons. The van der Waals surface area contributed by atoms with Gasteiger partial charge in [0.1, 0.15) is 11.6 Å². The Labute approximate surface area is 186 Å². The van der Waals surface area contributed by atoms with Crippen LogP contribution in [-0.2, 0) is 29.9 Å². The molecule has 0 saturated carbocycles. The Bertz CT molecular complexity index is 1300. The molecule has 0 bridgehead atoms. The predicted octanol–water partition coefficient (Wildman–Crippen LogP) is 1.51. The van der Waals surface area contributed by atoms with Crippen molar-refractivity contribution in [3.63, 3.8) is 0 Å². The monoisotopic (exact) mass is 508 g/mol. The average Bonchev–Trinajstić information content (AvgIpc) is 2.99. The van der Waals surface area contributed by atoms with Gasteiger partial charge < -0.3 is 0 Å². The van der Waals surface area contributed by atoms with Crippen LogP contribution in [0, 0.1) is 11.6 Å². The lowest BCUT2D eigenvalue weighted by molar-refractivity contribution is 0.236. The molecule has 0 unspecified atom stereocenters. The van der Waals surface area contributed by atoms with Crippen LogP contribution in [0.25, 0.3) is 0 Å². The minimum Gasteiger partial charge on any atom is -0.229 e. The van der Waals surface area contributed by atoms with E-state index in [1.807, 2.05) is 0 Å². The minimum atomic E-state index is -4.28.